The third kappa shape index (κ3) is 4.29. The van der Waals surface area contributed by atoms with Gasteiger partial charge in [0.05, 0.1) is 5.52 Å². The SMILES string of the molecule is CC(C)CC(CN(C)C)Nc1nc(N)nc2ccccc12. The Bertz CT molecular complexity index is 584. The number of fused-ring (bicyclic) bond motifs is 1. The lowest BCUT2D eigenvalue weighted by molar-refractivity contribution is 0.356. The van der Waals surface area contributed by atoms with Crippen LogP contribution in [0.1, 0.15) is 20.3 Å². The molecule has 5 heteroatoms. The van der Waals surface area contributed by atoms with Crippen molar-refractivity contribution in [3.8, 4) is 0 Å². The van der Waals surface area contributed by atoms with Crippen LogP contribution in [0.2, 0.25) is 0 Å². The molecule has 1 aromatic heterocycles. The normalized spacial score (nSPS) is 13.0. The van der Waals surface area contributed by atoms with Gasteiger partial charge in [-0.25, -0.2) is 4.98 Å². The molecule has 0 spiro atoms. The summed E-state index contributed by atoms with van der Waals surface area (Å²) in [6.07, 6.45) is 1.08. The Morgan fingerprint density at radius 1 is 1.19 bits per heavy atom. The fourth-order valence-corrected chi connectivity index (χ4v) is 2.59. The van der Waals surface area contributed by atoms with E-state index in [1.165, 1.54) is 0 Å². The first-order valence-corrected chi connectivity index (χ1v) is 7.39. The molecule has 2 aromatic rings. The molecule has 0 fully saturated rings. The monoisotopic (exact) mass is 287 g/mol. The van der Waals surface area contributed by atoms with E-state index >= 15 is 0 Å². The zero-order valence-electron chi connectivity index (χ0n) is 13.3. The van der Waals surface area contributed by atoms with Gasteiger partial charge >= 0.3 is 0 Å². The van der Waals surface area contributed by atoms with Crippen LogP contribution in [0.3, 0.4) is 0 Å². The van der Waals surface area contributed by atoms with E-state index in [4.69, 9.17) is 5.73 Å². The Morgan fingerprint density at radius 2 is 1.90 bits per heavy atom. The van der Waals surface area contributed by atoms with Gasteiger partial charge in [0.2, 0.25) is 5.95 Å². The van der Waals surface area contributed by atoms with Crippen molar-refractivity contribution in [1.29, 1.82) is 0 Å². The summed E-state index contributed by atoms with van der Waals surface area (Å²) in [4.78, 5) is 10.9. The highest BCUT2D eigenvalue weighted by Gasteiger charge is 2.15. The molecule has 0 amide bonds. The van der Waals surface area contributed by atoms with E-state index in [1.54, 1.807) is 0 Å². The van der Waals surface area contributed by atoms with Crippen LogP contribution in [0.4, 0.5) is 11.8 Å². The molecule has 114 valence electrons. The van der Waals surface area contributed by atoms with Crippen LogP contribution in [0.15, 0.2) is 24.3 Å². The summed E-state index contributed by atoms with van der Waals surface area (Å²) < 4.78 is 0. The van der Waals surface area contributed by atoms with Crippen LogP contribution in [-0.2, 0) is 0 Å². The quantitative estimate of drug-likeness (QED) is 0.855. The second-order valence-corrected chi connectivity index (χ2v) is 6.18. The highest BCUT2D eigenvalue weighted by atomic mass is 15.1. The van der Waals surface area contributed by atoms with Crippen molar-refractivity contribution in [2.24, 2.45) is 5.92 Å². The van der Waals surface area contributed by atoms with Crippen molar-refractivity contribution < 1.29 is 0 Å². The highest BCUT2D eigenvalue weighted by Crippen LogP contribution is 2.22. The molecule has 5 nitrogen and oxygen atoms in total. The fourth-order valence-electron chi connectivity index (χ4n) is 2.59. The molecule has 1 aromatic carbocycles. The first-order valence-electron chi connectivity index (χ1n) is 7.39. The maximum Gasteiger partial charge on any atom is 0.222 e. The van der Waals surface area contributed by atoms with Gasteiger partial charge in [-0.2, -0.15) is 4.98 Å². The summed E-state index contributed by atoms with van der Waals surface area (Å²) in [5.74, 6) is 1.75. The average molecular weight is 287 g/mol. The topological polar surface area (TPSA) is 67.1 Å². The minimum absolute atomic E-state index is 0.310. The van der Waals surface area contributed by atoms with Crippen LogP contribution in [0, 0.1) is 5.92 Å². The van der Waals surface area contributed by atoms with Gasteiger partial charge in [-0.15, -0.1) is 0 Å². The predicted molar refractivity (Wildman–Crippen MR) is 89.4 cm³/mol. The maximum absolute atomic E-state index is 5.83. The Kier molecular flexibility index (Phi) is 4.96. The number of nitrogens with two attached hydrogens (primary N) is 1. The van der Waals surface area contributed by atoms with Crippen molar-refractivity contribution in [2.75, 3.05) is 31.7 Å². The van der Waals surface area contributed by atoms with Crippen molar-refractivity contribution >= 4 is 22.7 Å². The Morgan fingerprint density at radius 3 is 2.57 bits per heavy atom. The van der Waals surface area contributed by atoms with E-state index in [-0.39, 0.29) is 0 Å². The molecule has 0 aliphatic heterocycles. The molecule has 21 heavy (non-hydrogen) atoms. The Labute approximate surface area is 126 Å². The first kappa shape index (κ1) is 15.5. The lowest BCUT2D eigenvalue weighted by Crippen LogP contribution is -2.34. The fraction of sp³-hybridized carbons (Fsp3) is 0.500. The number of rotatable bonds is 6. The van der Waals surface area contributed by atoms with Crippen LogP contribution >= 0.6 is 0 Å². The number of nitrogen functional groups attached to an aromatic ring is 1. The summed E-state index contributed by atoms with van der Waals surface area (Å²) in [5, 5.41) is 4.57. The van der Waals surface area contributed by atoms with E-state index in [0.717, 1.165) is 29.7 Å². The van der Waals surface area contributed by atoms with E-state index < -0.39 is 0 Å². The number of benzene rings is 1. The predicted octanol–water partition coefficient (Wildman–Crippen LogP) is 2.60. The number of hydrogen-bond donors (Lipinski definition) is 2. The lowest BCUT2D eigenvalue weighted by atomic mass is 10.0. The second-order valence-electron chi connectivity index (χ2n) is 6.18. The van der Waals surface area contributed by atoms with E-state index in [9.17, 15) is 0 Å². The van der Waals surface area contributed by atoms with Crippen LogP contribution in [-0.4, -0.2) is 41.5 Å². The molecule has 0 bridgehead atoms. The second kappa shape index (κ2) is 6.72. The molecular weight excluding hydrogens is 262 g/mol. The van der Waals surface area contributed by atoms with E-state index in [2.05, 4.69) is 48.1 Å². The lowest BCUT2D eigenvalue weighted by Gasteiger charge is -2.25. The third-order valence-electron chi connectivity index (χ3n) is 3.30. The molecule has 0 saturated carbocycles. The first-order chi connectivity index (χ1) is 9.95. The number of likely N-dealkylation sites (N-methyl/N-ethyl adjacent to an activating group) is 1. The maximum atomic E-state index is 5.83. The van der Waals surface area contributed by atoms with Crippen LogP contribution in [0.5, 0.6) is 0 Å². The van der Waals surface area contributed by atoms with Gasteiger partial charge in [-0.1, -0.05) is 26.0 Å². The van der Waals surface area contributed by atoms with Crippen molar-refractivity contribution in [2.45, 2.75) is 26.3 Å². The van der Waals surface area contributed by atoms with Crippen molar-refractivity contribution in [1.82, 2.24) is 14.9 Å². The number of nitrogens with one attached hydrogen (secondary N) is 1. The molecule has 0 radical (unpaired) electrons. The molecule has 0 saturated heterocycles. The Balaban J connectivity index is 2.31. The number of aromatic nitrogens is 2. The molecule has 1 heterocycles. The summed E-state index contributed by atoms with van der Waals surface area (Å²) in [6, 6.07) is 8.28. The highest BCUT2D eigenvalue weighted by molar-refractivity contribution is 5.89. The molecule has 3 N–H and O–H groups in total. The third-order valence-corrected chi connectivity index (χ3v) is 3.30. The van der Waals surface area contributed by atoms with Gasteiger partial charge in [-0.3, -0.25) is 0 Å². The van der Waals surface area contributed by atoms with Crippen LogP contribution in [0.25, 0.3) is 10.9 Å². The number of hydrogen-bond acceptors (Lipinski definition) is 5. The van der Waals surface area contributed by atoms with Gasteiger partial charge in [0, 0.05) is 18.0 Å². The summed E-state index contributed by atoms with van der Waals surface area (Å²) >= 11 is 0. The smallest absolute Gasteiger partial charge is 0.222 e. The molecular formula is C16H25N5. The minimum Gasteiger partial charge on any atom is -0.368 e. The standard InChI is InChI=1S/C16H25N5/c1-11(2)9-12(10-21(3)4)18-15-13-7-5-6-8-14(13)19-16(17)20-15/h5-8,11-12H,9-10H2,1-4H3,(H3,17,18,19,20). The minimum atomic E-state index is 0.310. The van der Waals surface area contributed by atoms with E-state index in [1.807, 2.05) is 24.3 Å². The van der Waals surface area contributed by atoms with Gasteiger partial charge < -0.3 is 16.0 Å². The largest absolute Gasteiger partial charge is 0.368 e. The molecule has 0 aliphatic rings. The number of para-hydroxylation sites is 1. The Hall–Kier alpha value is -1.88. The van der Waals surface area contributed by atoms with Crippen LogP contribution < -0.4 is 11.1 Å². The molecule has 2 rings (SSSR count). The van der Waals surface area contributed by atoms with Gasteiger partial charge in [-0.05, 0) is 38.6 Å². The van der Waals surface area contributed by atoms with E-state index in [0.29, 0.717) is 17.9 Å². The summed E-state index contributed by atoms with van der Waals surface area (Å²) in [5.41, 5.74) is 6.71. The zero-order valence-corrected chi connectivity index (χ0v) is 13.3. The summed E-state index contributed by atoms with van der Waals surface area (Å²) in [6.45, 7) is 5.42. The molecule has 0 aliphatic carbocycles. The van der Waals surface area contributed by atoms with Gasteiger partial charge in [0.1, 0.15) is 5.82 Å². The number of nitrogens with zero attached hydrogens (tertiary/aromatic N) is 3. The number of anilines is 2. The average Bonchev–Trinajstić information content (AvgIpc) is 2.36. The molecule has 1 unspecified atom stereocenters. The summed E-state index contributed by atoms with van der Waals surface area (Å²) in [7, 11) is 4.17. The van der Waals surface area contributed by atoms with Gasteiger partial charge in [0.15, 0.2) is 0 Å². The van der Waals surface area contributed by atoms with Crippen molar-refractivity contribution in [3.05, 3.63) is 24.3 Å². The molecule has 1 atom stereocenters. The van der Waals surface area contributed by atoms with Crippen molar-refractivity contribution in [3.63, 3.8) is 0 Å². The zero-order chi connectivity index (χ0) is 15.4. The van der Waals surface area contributed by atoms with Gasteiger partial charge in [0.25, 0.3) is 0 Å².